The predicted molar refractivity (Wildman–Crippen MR) is 72.2 cm³/mol. The lowest BCUT2D eigenvalue weighted by Gasteiger charge is -2.27. The van der Waals surface area contributed by atoms with Crippen LogP contribution in [0.4, 0.5) is 5.82 Å². The molecule has 2 heterocycles. The number of nitrogens with zero attached hydrogens (tertiary/aromatic N) is 3. The Hall–Kier alpha value is -1.81. The van der Waals surface area contributed by atoms with Gasteiger partial charge in [0, 0.05) is 26.6 Å². The van der Waals surface area contributed by atoms with Crippen molar-refractivity contribution in [1.82, 2.24) is 14.6 Å². The van der Waals surface area contributed by atoms with Crippen molar-refractivity contribution in [2.75, 3.05) is 25.6 Å². The zero-order valence-electron chi connectivity index (χ0n) is 11.8. The zero-order valence-corrected chi connectivity index (χ0v) is 11.8. The van der Waals surface area contributed by atoms with Gasteiger partial charge in [-0.15, -0.1) is 0 Å². The number of carbonyl (C=O) groups excluding carboxylic acids is 1. The van der Waals surface area contributed by atoms with E-state index >= 15 is 0 Å². The Morgan fingerprint density at radius 3 is 2.81 bits per heavy atom. The van der Waals surface area contributed by atoms with E-state index in [-0.39, 0.29) is 30.8 Å². The molecule has 116 valence electrons. The number of likely N-dealkylation sites (N-methyl/N-ethyl adjacent to an activating group) is 1. The number of aliphatic hydroxyl groups excluding tert-OH is 2. The minimum atomic E-state index is -1.30. The SMILES string of the molecule is CC(=O)Nc1ccn(C2(CO)CC(CO)N(C)O2)c(=O)n1. The van der Waals surface area contributed by atoms with Gasteiger partial charge in [-0.2, -0.15) is 10.0 Å². The molecule has 0 bridgehead atoms. The molecule has 0 aliphatic carbocycles. The predicted octanol–water partition coefficient (Wildman–Crippen LogP) is -1.53. The van der Waals surface area contributed by atoms with Crippen LogP contribution in [0.25, 0.3) is 0 Å². The van der Waals surface area contributed by atoms with E-state index in [2.05, 4.69) is 10.3 Å². The topological polar surface area (TPSA) is 117 Å². The average molecular weight is 298 g/mol. The molecule has 1 aliphatic rings. The molecule has 2 atom stereocenters. The monoisotopic (exact) mass is 298 g/mol. The average Bonchev–Trinajstić information content (AvgIpc) is 2.75. The molecule has 3 N–H and O–H groups in total. The zero-order chi connectivity index (χ0) is 15.6. The van der Waals surface area contributed by atoms with Crippen molar-refractivity contribution in [3.05, 3.63) is 22.7 Å². The highest BCUT2D eigenvalue weighted by Crippen LogP contribution is 2.32. The second-order valence-electron chi connectivity index (χ2n) is 4.93. The fourth-order valence-electron chi connectivity index (χ4n) is 2.33. The molecule has 9 heteroatoms. The summed E-state index contributed by atoms with van der Waals surface area (Å²) in [5.41, 5.74) is -1.97. The molecule has 0 spiro atoms. The number of amides is 1. The minimum Gasteiger partial charge on any atom is -0.395 e. The summed E-state index contributed by atoms with van der Waals surface area (Å²) in [6, 6.07) is 1.11. The van der Waals surface area contributed by atoms with E-state index in [4.69, 9.17) is 4.84 Å². The lowest BCUT2D eigenvalue weighted by Crippen LogP contribution is -2.45. The number of aromatic nitrogens is 2. The van der Waals surface area contributed by atoms with E-state index in [1.807, 2.05) is 0 Å². The Morgan fingerprint density at radius 1 is 1.62 bits per heavy atom. The molecule has 0 saturated carbocycles. The van der Waals surface area contributed by atoms with E-state index in [0.29, 0.717) is 0 Å². The van der Waals surface area contributed by atoms with Crippen LogP contribution in [0.1, 0.15) is 13.3 Å². The molecule has 9 nitrogen and oxygen atoms in total. The summed E-state index contributed by atoms with van der Waals surface area (Å²) >= 11 is 0. The standard InChI is InChI=1S/C12H18N4O5/c1-8(19)13-10-3-4-16(11(20)14-10)12(7-18)5-9(6-17)15(2)21-12/h3-4,9,17-18H,5-7H2,1-2H3,(H,13,14,19,20). The molecule has 2 rings (SSSR count). The van der Waals surface area contributed by atoms with Gasteiger partial charge in [-0.25, -0.2) is 4.79 Å². The molecule has 1 aromatic heterocycles. The first kappa shape index (κ1) is 15.6. The smallest absolute Gasteiger partial charge is 0.351 e. The lowest BCUT2D eigenvalue weighted by atomic mass is 10.1. The Balaban J connectivity index is 2.36. The van der Waals surface area contributed by atoms with Gasteiger partial charge >= 0.3 is 5.69 Å². The minimum absolute atomic E-state index is 0.127. The molecule has 2 unspecified atom stereocenters. The van der Waals surface area contributed by atoms with Gasteiger partial charge in [0.2, 0.25) is 5.91 Å². The van der Waals surface area contributed by atoms with Crippen molar-refractivity contribution in [2.45, 2.75) is 25.1 Å². The van der Waals surface area contributed by atoms with Gasteiger partial charge in [-0.1, -0.05) is 0 Å². The van der Waals surface area contributed by atoms with Crippen LogP contribution >= 0.6 is 0 Å². The van der Waals surface area contributed by atoms with Gasteiger partial charge < -0.3 is 15.5 Å². The summed E-state index contributed by atoms with van der Waals surface area (Å²) in [5, 5.41) is 22.7. The van der Waals surface area contributed by atoms with Crippen LogP contribution in [0, 0.1) is 0 Å². The molecule has 1 aliphatic heterocycles. The van der Waals surface area contributed by atoms with Gasteiger partial charge in [-0.05, 0) is 6.07 Å². The van der Waals surface area contributed by atoms with Crippen LogP contribution < -0.4 is 11.0 Å². The molecule has 21 heavy (non-hydrogen) atoms. The quantitative estimate of drug-likeness (QED) is 0.617. The maximum absolute atomic E-state index is 12.1. The van der Waals surface area contributed by atoms with E-state index in [0.717, 1.165) is 4.57 Å². The van der Waals surface area contributed by atoms with Crippen LogP contribution in [0.5, 0.6) is 0 Å². The largest absolute Gasteiger partial charge is 0.395 e. The molecule has 0 radical (unpaired) electrons. The Bertz CT molecular complexity index is 589. The van der Waals surface area contributed by atoms with Crippen LogP contribution in [0.2, 0.25) is 0 Å². The van der Waals surface area contributed by atoms with Gasteiger partial charge in [0.15, 0.2) is 5.72 Å². The molecule has 1 amide bonds. The first-order chi connectivity index (χ1) is 9.91. The molecule has 1 aromatic rings. The van der Waals surface area contributed by atoms with E-state index < -0.39 is 18.0 Å². The molecule has 0 aromatic carbocycles. The highest BCUT2D eigenvalue weighted by Gasteiger charge is 2.46. The number of hydrogen-bond donors (Lipinski definition) is 3. The summed E-state index contributed by atoms with van der Waals surface area (Å²) < 4.78 is 1.16. The van der Waals surface area contributed by atoms with Crippen molar-refractivity contribution in [2.24, 2.45) is 0 Å². The van der Waals surface area contributed by atoms with Crippen molar-refractivity contribution >= 4 is 11.7 Å². The van der Waals surface area contributed by atoms with Crippen LogP contribution in [0.15, 0.2) is 17.1 Å². The first-order valence-corrected chi connectivity index (χ1v) is 6.43. The number of hydrogen-bond acceptors (Lipinski definition) is 7. The third-order valence-electron chi connectivity index (χ3n) is 3.39. The van der Waals surface area contributed by atoms with E-state index in [1.54, 1.807) is 7.05 Å². The number of rotatable bonds is 4. The maximum Gasteiger partial charge on any atom is 0.351 e. The van der Waals surface area contributed by atoms with Crippen LogP contribution in [-0.4, -0.2) is 57.0 Å². The summed E-state index contributed by atoms with van der Waals surface area (Å²) in [5.74, 6) is -0.212. The second-order valence-corrected chi connectivity index (χ2v) is 4.93. The molecular weight excluding hydrogens is 280 g/mol. The van der Waals surface area contributed by atoms with Crippen molar-refractivity contribution < 1.29 is 19.8 Å². The fraction of sp³-hybridized carbons (Fsp3) is 0.583. The molecule has 1 saturated heterocycles. The summed E-state index contributed by atoms with van der Waals surface area (Å²) in [6.07, 6.45) is 1.63. The maximum atomic E-state index is 12.1. The Morgan fingerprint density at radius 2 is 2.33 bits per heavy atom. The van der Waals surface area contributed by atoms with Gasteiger partial charge in [0.05, 0.1) is 19.3 Å². The Labute approximate surface area is 120 Å². The number of nitrogens with one attached hydrogen (secondary N) is 1. The van der Waals surface area contributed by atoms with Crippen molar-refractivity contribution in [1.29, 1.82) is 0 Å². The summed E-state index contributed by atoms with van der Waals surface area (Å²) in [6.45, 7) is 0.697. The normalized spacial score (nSPS) is 26.0. The van der Waals surface area contributed by atoms with E-state index in [1.165, 1.54) is 24.3 Å². The number of carbonyl (C=O) groups is 1. The van der Waals surface area contributed by atoms with Crippen LogP contribution in [0.3, 0.4) is 0 Å². The van der Waals surface area contributed by atoms with Crippen molar-refractivity contribution in [3.8, 4) is 0 Å². The number of hydroxylamine groups is 2. The number of anilines is 1. The molecular formula is C12H18N4O5. The van der Waals surface area contributed by atoms with Crippen molar-refractivity contribution in [3.63, 3.8) is 0 Å². The van der Waals surface area contributed by atoms with Gasteiger partial charge in [0.1, 0.15) is 5.82 Å². The van der Waals surface area contributed by atoms with E-state index in [9.17, 15) is 19.8 Å². The Kier molecular flexibility index (Phi) is 4.37. The highest BCUT2D eigenvalue weighted by atomic mass is 16.7. The fourth-order valence-corrected chi connectivity index (χ4v) is 2.33. The highest BCUT2D eigenvalue weighted by molar-refractivity contribution is 5.87. The molecule has 1 fully saturated rings. The first-order valence-electron chi connectivity index (χ1n) is 6.43. The number of aliphatic hydroxyl groups is 2. The third kappa shape index (κ3) is 2.95. The lowest BCUT2D eigenvalue weighted by molar-refractivity contribution is -0.240. The summed E-state index contributed by atoms with van der Waals surface area (Å²) in [7, 11) is 1.61. The van der Waals surface area contributed by atoms with Crippen LogP contribution in [-0.2, 0) is 15.4 Å². The van der Waals surface area contributed by atoms with Gasteiger partial charge in [0.25, 0.3) is 0 Å². The second kappa shape index (κ2) is 5.90. The van der Waals surface area contributed by atoms with Gasteiger partial charge in [-0.3, -0.25) is 14.2 Å². The summed E-state index contributed by atoms with van der Waals surface area (Å²) in [4.78, 5) is 32.3. The third-order valence-corrected chi connectivity index (χ3v) is 3.39.